The van der Waals surface area contributed by atoms with Gasteiger partial charge in [0.25, 0.3) is 0 Å². The molecule has 0 spiro atoms. The maximum Gasteiger partial charge on any atom is 0.225 e. The van der Waals surface area contributed by atoms with Gasteiger partial charge in [0.05, 0.1) is 0 Å². The number of thiol groups is 1. The summed E-state index contributed by atoms with van der Waals surface area (Å²) in [5, 5.41) is 2.78. The highest BCUT2D eigenvalue weighted by Gasteiger charge is 2.19. The van der Waals surface area contributed by atoms with Crippen LogP contribution in [0, 0.1) is 0 Å². The number of nitrogens with one attached hydrogen (secondary N) is 2. The number of carbonyl (C=O) groups excluding carboxylic acids is 1. The first-order chi connectivity index (χ1) is 10.6. The summed E-state index contributed by atoms with van der Waals surface area (Å²) < 4.78 is 23.6. The van der Waals surface area contributed by atoms with Crippen LogP contribution in [0.1, 0.15) is 17.5 Å². The van der Waals surface area contributed by atoms with E-state index in [1.54, 1.807) is 6.20 Å². The number of fused-ring (bicyclic) bond motifs is 1. The van der Waals surface area contributed by atoms with Gasteiger partial charge in [0, 0.05) is 24.7 Å². The van der Waals surface area contributed by atoms with Crippen molar-refractivity contribution >= 4 is 22.6 Å². The number of amides is 1. The summed E-state index contributed by atoms with van der Waals surface area (Å²) in [6.07, 6.45) is 2.77. The third kappa shape index (κ3) is 3.15. The molecule has 0 saturated heterocycles. The normalized spacial score (nSPS) is 13.8. The number of hydrogen-bond donors (Lipinski definition) is 3. The van der Waals surface area contributed by atoms with Crippen LogP contribution in [-0.2, 0) is 28.7 Å². The van der Waals surface area contributed by atoms with Gasteiger partial charge >= 0.3 is 0 Å². The molecule has 1 aliphatic rings. The molecule has 0 fully saturated rings. The second-order valence-corrected chi connectivity index (χ2v) is 5.86. The van der Waals surface area contributed by atoms with Crippen LogP contribution in [0.15, 0.2) is 36.5 Å². The number of anilines is 1. The molecule has 2 N–H and O–H groups in total. The van der Waals surface area contributed by atoms with Crippen molar-refractivity contribution in [2.75, 3.05) is 5.32 Å². The van der Waals surface area contributed by atoms with Crippen molar-refractivity contribution in [2.24, 2.45) is 0 Å². The van der Waals surface area contributed by atoms with Crippen LogP contribution in [0.4, 0.5) is 5.82 Å². The number of hydrogen-bond acceptors (Lipinski definition) is 4. The molecule has 7 heteroatoms. The van der Waals surface area contributed by atoms with E-state index in [-0.39, 0.29) is 12.5 Å². The first-order valence-corrected chi connectivity index (χ1v) is 8.06. The van der Waals surface area contributed by atoms with Gasteiger partial charge in [0.15, 0.2) is 0 Å². The number of rotatable bonds is 4. The van der Waals surface area contributed by atoms with Gasteiger partial charge in [-0.05, 0) is 35.2 Å². The van der Waals surface area contributed by atoms with Gasteiger partial charge in [-0.25, -0.2) is 18.1 Å². The zero-order chi connectivity index (χ0) is 15.5. The zero-order valence-corrected chi connectivity index (χ0v) is 12.6. The van der Waals surface area contributed by atoms with Gasteiger partial charge < -0.3 is 5.32 Å². The Hall–Kier alpha value is -2.25. The molecule has 0 saturated carbocycles. The third-order valence-corrected chi connectivity index (χ3v) is 3.98. The molecule has 6 nitrogen and oxygen atoms in total. The van der Waals surface area contributed by atoms with E-state index in [1.165, 1.54) is 0 Å². The number of carbonyl (C=O) groups is 1. The molecule has 1 aromatic carbocycles. The summed E-state index contributed by atoms with van der Waals surface area (Å²) in [4.78, 5) is 15.7. The second-order valence-electron chi connectivity index (χ2n) is 5.03. The minimum Gasteiger partial charge on any atom is -0.310 e. The van der Waals surface area contributed by atoms with Crippen molar-refractivity contribution in [3.63, 3.8) is 0 Å². The Balaban J connectivity index is 1.96. The Kier molecular flexibility index (Phi) is 4.17. The lowest BCUT2D eigenvalue weighted by Crippen LogP contribution is -2.20. The molecule has 0 unspecified atom stereocenters. The Labute approximate surface area is 129 Å². The maximum atomic E-state index is 11.5. The highest BCUT2D eigenvalue weighted by Crippen LogP contribution is 2.31. The van der Waals surface area contributed by atoms with E-state index in [4.69, 9.17) is 0 Å². The number of nitrogens with zero attached hydrogens (tertiary/aromatic N) is 1. The van der Waals surface area contributed by atoms with E-state index in [1.807, 2.05) is 30.3 Å². The van der Waals surface area contributed by atoms with Crippen molar-refractivity contribution in [3.05, 3.63) is 47.7 Å². The fraction of sp³-hybridized carbons (Fsp3) is 0.200. The fourth-order valence-electron chi connectivity index (χ4n) is 2.56. The largest absolute Gasteiger partial charge is 0.310 e. The van der Waals surface area contributed by atoms with Crippen LogP contribution in [0.2, 0.25) is 0 Å². The SMILES string of the molecule is O=C1CCc2c(-c3cccc(CN[SH](=O)=O)c3)ccnc2N1. The lowest BCUT2D eigenvalue weighted by atomic mass is 9.94. The van der Waals surface area contributed by atoms with Gasteiger partial charge in [-0.3, -0.25) is 4.79 Å². The van der Waals surface area contributed by atoms with Crippen molar-refractivity contribution in [2.45, 2.75) is 19.4 Å². The molecule has 3 rings (SSSR count). The number of aromatic nitrogens is 1. The average molecular weight is 317 g/mol. The molecule has 114 valence electrons. The summed E-state index contributed by atoms with van der Waals surface area (Å²) in [5.74, 6) is 0.592. The van der Waals surface area contributed by atoms with E-state index in [0.29, 0.717) is 18.7 Å². The van der Waals surface area contributed by atoms with Crippen LogP contribution < -0.4 is 10.0 Å². The van der Waals surface area contributed by atoms with Crippen LogP contribution in [0.3, 0.4) is 0 Å². The number of benzene rings is 1. The molecule has 1 aliphatic heterocycles. The van der Waals surface area contributed by atoms with E-state index < -0.39 is 10.9 Å². The molecule has 2 heterocycles. The van der Waals surface area contributed by atoms with Crippen molar-refractivity contribution in [1.82, 2.24) is 9.71 Å². The first-order valence-electron chi connectivity index (χ1n) is 6.88. The molecule has 1 aromatic heterocycles. The Bertz CT molecular complexity index is 794. The van der Waals surface area contributed by atoms with E-state index in [9.17, 15) is 13.2 Å². The highest BCUT2D eigenvalue weighted by atomic mass is 32.2. The molecule has 22 heavy (non-hydrogen) atoms. The quantitative estimate of drug-likeness (QED) is 0.741. The van der Waals surface area contributed by atoms with Crippen LogP contribution in [0.25, 0.3) is 11.1 Å². The van der Waals surface area contributed by atoms with Crippen LogP contribution >= 0.6 is 0 Å². The average Bonchev–Trinajstić information content (AvgIpc) is 2.52. The van der Waals surface area contributed by atoms with Gasteiger partial charge in [0.1, 0.15) is 5.82 Å². The summed E-state index contributed by atoms with van der Waals surface area (Å²) in [5.41, 5.74) is 3.89. The molecule has 2 aromatic rings. The van der Waals surface area contributed by atoms with E-state index in [0.717, 1.165) is 22.3 Å². The first kappa shape index (κ1) is 14.7. The lowest BCUT2D eigenvalue weighted by Gasteiger charge is -2.19. The van der Waals surface area contributed by atoms with Crippen molar-refractivity contribution < 1.29 is 13.2 Å². The minimum absolute atomic E-state index is 0.0191. The van der Waals surface area contributed by atoms with Crippen LogP contribution in [-0.4, -0.2) is 19.3 Å². The Morgan fingerprint density at radius 2 is 2.09 bits per heavy atom. The summed E-state index contributed by atoms with van der Waals surface area (Å²) in [7, 11) is -2.61. The Morgan fingerprint density at radius 3 is 2.91 bits per heavy atom. The third-order valence-electron chi connectivity index (χ3n) is 3.57. The van der Waals surface area contributed by atoms with Crippen molar-refractivity contribution in [3.8, 4) is 11.1 Å². The van der Waals surface area contributed by atoms with Gasteiger partial charge in [-0.15, -0.1) is 0 Å². The predicted molar refractivity (Wildman–Crippen MR) is 83.8 cm³/mol. The minimum atomic E-state index is -2.61. The fourth-order valence-corrected chi connectivity index (χ4v) is 2.87. The molecule has 0 aliphatic carbocycles. The zero-order valence-electron chi connectivity index (χ0n) is 11.7. The number of pyridine rings is 1. The summed E-state index contributed by atoms with van der Waals surface area (Å²) in [6, 6.07) is 9.57. The predicted octanol–water partition coefficient (Wildman–Crippen LogP) is 1.25. The summed E-state index contributed by atoms with van der Waals surface area (Å²) >= 11 is 0. The standard InChI is InChI=1S/C15H15N3O3S/c19-14-5-4-13-12(6-7-16-15(13)18-14)11-3-1-2-10(8-11)9-17-22(20)21/h1-3,6-8,22H,4-5,9H2,(H,16,18,19)(H,17,20,21). The molecule has 0 radical (unpaired) electrons. The maximum absolute atomic E-state index is 11.5. The van der Waals surface area contributed by atoms with E-state index >= 15 is 0 Å². The lowest BCUT2D eigenvalue weighted by molar-refractivity contribution is -0.116. The highest BCUT2D eigenvalue weighted by molar-refractivity contribution is 7.70. The second kappa shape index (κ2) is 6.25. The van der Waals surface area contributed by atoms with E-state index in [2.05, 4.69) is 15.0 Å². The van der Waals surface area contributed by atoms with Gasteiger partial charge in [-0.1, -0.05) is 18.2 Å². The molecular formula is C15H15N3O3S. The molecule has 1 amide bonds. The monoisotopic (exact) mass is 317 g/mol. The molecule has 0 atom stereocenters. The van der Waals surface area contributed by atoms with Gasteiger partial charge in [-0.2, -0.15) is 0 Å². The van der Waals surface area contributed by atoms with Gasteiger partial charge in [0.2, 0.25) is 16.8 Å². The topological polar surface area (TPSA) is 88.2 Å². The van der Waals surface area contributed by atoms with Crippen LogP contribution in [0.5, 0.6) is 0 Å². The molecular weight excluding hydrogens is 302 g/mol. The summed E-state index contributed by atoms with van der Waals surface area (Å²) in [6.45, 7) is 0.260. The molecule has 0 bridgehead atoms. The smallest absolute Gasteiger partial charge is 0.225 e. The van der Waals surface area contributed by atoms with Crippen molar-refractivity contribution in [1.29, 1.82) is 0 Å². The Morgan fingerprint density at radius 1 is 1.23 bits per heavy atom.